The van der Waals surface area contributed by atoms with E-state index in [0.717, 1.165) is 24.9 Å². The van der Waals surface area contributed by atoms with Crippen molar-refractivity contribution < 1.29 is 9.59 Å². The van der Waals surface area contributed by atoms with Crippen LogP contribution in [0.1, 0.15) is 31.7 Å². The summed E-state index contributed by atoms with van der Waals surface area (Å²) < 4.78 is 0. The zero-order valence-corrected chi connectivity index (χ0v) is 13.6. The molecule has 2 saturated heterocycles. The van der Waals surface area contributed by atoms with E-state index in [1.54, 1.807) is 4.90 Å². The molecule has 2 heterocycles. The zero-order valence-electron chi connectivity index (χ0n) is 12.8. The van der Waals surface area contributed by atoms with Crippen molar-refractivity contribution in [1.82, 2.24) is 9.80 Å². The topological polar surface area (TPSA) is 40.6 Å². The van der Waals surface area contributed by atoms with E-state index in [-0.39, 0.29) is 23.9 Å². The maximum Gasteiger partial charge on any atom is 0.245 e. The number of aryl methyl sites for hydroxylation is 1. The lowest BCUT2D eigenvalue weighted by molar-refractivity contribution is -0.152. The van der Waals surface area contributed by atoms with E-state index in [4.69, 9.17) is 11.6 Å². The van der Waals surface area contributed by atoms with Crippen molar-refractivity contribution in [3.63, 3.8) is 0 Å². The number of halogens is 1. The van der Waals surface area contributed by atoms with Gasteiger partial charge in [-0.1, -0.05) is 29.8 Å². The Morgan fingerprint density at radius 2 is 2.14 bits per heavy atom. The van der Waals surface area contributed by atoms with Crippen molar-refractivity contribution >= 4 is 23.4 Å². The number of carbonyl (C=O) groups is 2. The molecule has 0 N–H and O–H groups in total. The first-order chi connectivity index (χ1) is 10.6. The van der Waals surface area contributed by atoms with Gasteiger partial charge >= 0.3 is 0 Å². The van der Waals surface area contributed by atoms with Crippen LogP contribution in [0.25, 0.3) is 0 Å². The van der Waals surface area contributed by atoms with Crippen molar-refractivity contribution in [1.29, 1.82) is 0 Å². The first-order valence-corrected chi connectivity index (χ1v) is 8.29. The Balaban J connectivity index is 1.64. The molecule has 4 nitrogen and oxygen atoms in total. The minimum absolute atomic E-state index is 0.0484. The summed E-state index contributed by atoms with van der Waals surface area (Å²) in [6.45, 7) is 3.36. The Morgan fingerprint density at radius 1 is 1.36 bits per heavy atom. The van der Waals surface area contributed by atoms with Gasteiger partial charge in [0.1, 0.15) is 6.04 Å². The van der Waals surface area contributed by atoms with Gasteiger partial charge < -0.3 is 9.80 Å². The average Bonchev–Trinajstić information content (AvgIpc) is 2.98. The highest BCUT2D eigenvalue weighted by molar-refractivity contribution is 6.31. The van der Waals surface area contributed by atoms with Crippen molar-refractivity contribution in [2.24, 2.45) is 0 Å². The molecule has 0 radical (unpaired) electrons. The zero-order chi connectivity index (χ0) is 15.7. The van der Waals surface area contributed by atoms with Gasteiger partial charge in [-0.05, 0) is 37.8 Å². The van der Waals surface area contributed by atoms with Crippen LogP contribution in [-0.2, 0) is 16.0 Å². The maximum absolute atomic E-state index is 12.5. The summed E-state index contributed by atoms with van der Waals surface area (Å²) in [5.74, 6) is 0.146. The van der Waals surface area contributed by atoms with E-state index in [1.165, 1.54) is 0 Å². The molecule has 2 aliphatic heterocycles. The fraction of sp³-hybridized carbons (Fsp3) is 0.529. The third-order valence-corrected chi connectivity index (χ3v) is 5.15. The van der Waals surface area contributed by atoms with Crippen LogP contribution in [0.4, 0.5) is 0 Å². The van der Waals surface area contributed by atoms with E-state index in [0.29, 0.717) is 24.4 Å². The van der Waals surface area contributed by atoms with Gasteiger partial charge in [-0.3, -0.25) is 9.59 Å². The summed E-state index contributed by atoms with van der Waals surface area (Å²) in [6, 6.07) is 7.47. The number of amides is 2. The molecule has 2 amide bonds. The minimum Gasteiger partial charge on any atom is -0.336 e. The largest absolute Gasteiger partial charge is 0.336 e. The molecule has 0 spiro atoms. The number of nitrogens with zero attached hydrogens (tertiary/aromatic N) is 2. The predicted molar refractivity (Wildman–Crippen MR) is 85.7 cm³/mol. The molecule has 5 heteroatoms. The molecular formula is C17H21ClN2O2. The van der Waals surface area contributed by atoms with E-state index >= 15 is 0 Å². The minimum atomic E-state index is -0.340. The summed E-state index contributed by atoms with van der Waals surface area (Å²) in [6.07, 6.45) is 3.07. The summed E-state index contributed by atoms with van der Waals surface area (Å²) in [5, 5.41) is 0.694. The maximum atomic E-state index is 12.5. The molecule has 0 unspecified atom stereocenters. The van der Waals surface area contributed by atoms with Crippen LogP contribution in [0.15, 0.2) is 24.3 Å². The Morgan fingerprint density at radius 3 is 2.91 bits per heavy atom. The van der Waals surface area contributed by atoms with Crippen molar-refractivity contribution in [2.75, 3.05) is 13.1 Å². The van der Waals surface area contributed by atoms with Gasteiger partial charge in [-0.2, -0.15) is 0 Å². The van der Waals surface area contributed by atoms with E-state index in [2.05, 4.69) is 0 Å². The number of rotatable bonds is 3. The van der Waals surface area contributed by atoms with Gasteiger partial charge in [0.05, 0.1) is 0 Å². The number of carbonyl (C=O) groups excluding carboxylic acids is 2. The first kappa shape index (κ1) is 15.3. The number of hydrogen-bond acceptors (Lipinski definition) is 2. The summed E-state index contributed by atoms with van der Waals surface area (Å²) in [5.41, 5.74) is 0.982. The van der Waals surface area contributed by atoms with Gasteiger partial charge in [0, 0.05) is 30.6 Å². The first-order valence-electron chi connectivity index (χ1n) is 7.91. The lowest BCUT2D eigenvalue weighted by Gasteiger charge is -2.41. The summed E-state index contributed by atoms with van der Waals surface area (Å²) in [7, 11) is 0. The van der Waals surface area contributed by atoms with Gasteiger partial charge in [0.15, 0.2) is 0 Å². The Bertz CT molecular complexity index is 590. The molecule has 0 aliphatic carbocycles. The molecule has 2 atom stereocenters. The van der Waals surface area contributed by atoms with Gasteiger partial charge in [-0.15, -0.1) is 0 Å². The fourth-order valence-electron chi connectivity index (χ4n) is 3.48. The second-order valence-electron chi connectivity index (χ2n) is 6.14. The molecule has 2 aliphatic rings. The third-order valence-electron chi connectivity index (χ3n) is 4.78. The van der Waals surface area contributed by atoms with Crippen LogP contribution < -0.4 is 0 Å². The average molecular weight is 321 g/mol. The molecule has 1 aromatic carbocycles. The quantitative estimate of drug-likeness (QED) is 0.858. The Labute approximate surface area is 136 Å². The lowest BCUT2D eigenvalue weighted by Crippen LogP contribution is -2.60. The van der Waals surface area contributed by atoms with Crippen LogP contribution in [0.5, 0.6) is 0 Å². The van der Waals surface area contributed by atoms with Crippen molar-refractivity contribution in [2.45, 2.75) is 44.7 Å². The number of hydrogen-bond donors (Lipinski definition) is 0. The second-order valence-corrected chi connectivity index (χ2v) is 6.55. The van der Waals surface area contributed by atoms with Gasteiger partial charge in [0.2, 0.25) is 11.8 Å². The van der Waals surface area contributed by atoms with E-state index < -0.39 is 0 Å². The fourth-order valence-corrected chi connectivity index (χ4v) is 3.71. The highest BCUT2D eigenvalue weighted by Gasteiger charge is 2.41. The molecular weight excluding hydrogens is 300 g/mol. The molecule has 118 valence electrons. The SMILES string of the molecule is C[C@H]1C(=O)N2CCC[C@H]2CN1C(=O)CCc1ccccc1Cl. The molecule has 0 aromatic heterocycles. The van der Waals surface area contributed by atoms with E-state index in [1.807, 2.05) is 36.1 Å². The molecule has 0 saturated carbocycles. The van der Waals surface area contributed by atoms with Crippen molar-refractivity contribution in [3.8, 4) is 0 Å². The number of benzene rings is 1. The van der Waals surface area contributed by atoms with Crippen LogP contribution in [0.3, 0.4) is 0 Å². The Kier molecular flexibility index (Phi) is 4.39. The highest BCUT2D eigenvalue weighted by atomic mass is 35.5. The van der Waals surface area contributed by atoms with Crippen LogP contribution in [-0.4, -0.2) is 46.8 Å². The van der Waals surface area contributed by atoms with E-state index in [9.17, 15) is 9.59 Å². The molecule has 1 aromatic rings. The molecule has 22 heavy (non-hydrogen) atoms. The third kappa shape index (κ3) is 2.84. The van der Waals surface area contributed by atoms with Crippen LogP contribution in [0, 0.1) is 0 Å². The summed E-state index contributed by atoms with van der Waals surface area (Å²) >= 11 is 6.13. The monoisotopic (exact) mass is 320 g/mol. The molecule has 2 fully saturated rings. The molecule has 0 bridgehead atoms. The standard InChI is InChI=1S/C17H21ClN2O2/c1-12-17(22)19-10-4-6-14(19)11-20(12)16(21)9-8-13-5-2-3-7-15(13)18/h2-3,5,7,12,14H,4,6,8-11H2,1H3/t12-,14-/m0/s1. The normalized spacial score (nSPS) is 24.5. The second kappa shape index (κ2) is 6.29. The predicted octanol–water partition coefficient (Wildman–Crippen LogP) is 2.49. The van der Waals surface area contributed by atoms with Crippen molar-refractivity contribution in [3.05, 3.63) is 34.9 Å². The number of fused-ring (bicyclic) bond motifs is 1. The van der Waals surface area contributed by atoms with Gasteiger partial charge in [0.25, 0.3) is 0 Å². The number of piperazine rings is 1. The highest BCUT2D eigenvalue weighted by Crippen LogP contribution is 2.26. The van der Waals surface area contributed by atoms with Crippen LogP contribution >= 0.6 is 11.6 Å². The van der Waals surface area contributed by atoms with Crippen LogP contribution in [0.2, 0.25) is 5.02 Å². The summed E-state index contributed by atoms with van der Waals surface area (Å²) in [4.78, 5) is 28.6. The van der Waals surface area contributed by atoms with Gasteiger partial charge in [-0.25, -0.2) is 0 Å². The molecule has 3 rings (SSSR count). The smallest absolute Gasteiger partial charge is 0.245 e. The Hall–Kier alpha value is -1.55. The lowest BCUT2D eigenvalue weighted by atomic mass is 10.0.